The molecule has 0 fully saturated rings. The SMILES string of the molecule is CCCCCCCCCCCCN(C)CCCCOC(=O)Nc1ccc(NC(=O)OCCCCN(C)CCCCCCCCCCCC)cc1. The minimum absolute atomic E-state index is 0.402. The van der Waals surface area contributed by atoms with Crippen LogP contribution >= 0.6 is 0 Å². The zero-order chi connectivity index (χ0) is 36.3. The van der Waals surface area contributed by atoms with Crippen LogP contribution in [0.2, 0.25) is 0 Å². The molecule has 0 aliphatic heterocycles. The molecule has 0 aliphatic carbocycles. The number of unbranched alkanes of at least 4 members (excludes halogenated alkanes) is 20. The van der Waals surface area contributed by atoms with E-state index in [2.05, 4.69) is 48.4 Å². The van der Waals surface area contributed by atoms with E-state index in [1.165, 1.54) is 128 Å². The maximum atomic E-state index is 12.2. The lowest BCUT2D eigenvalue weighted by atomic mass is 10.1. The second-order valence-corrected chi connectivity index (χ2v) is 14.5. The number of ether oxygens (including phenoxy) is 2. The van der Waals surface area contributed by atoms with Gasteiger partial charge in [-0.1, -0.05) is 129 Å². The fraction of sp³-hybridized carbons (Fsp3) is 0.810. The number of rotatable bonds is 34. The van der Waals surface area contributed by atoms with Crippen LogP contribution in [0.1, 0.15) is 168 Å². The predicted molar refractivity (Wildman–Crippen MR) is 214 cm³/mol. The van der Waals surface area contributed by atoms with E-state index in [4.69, 9.17) is 9.47 Å². The molecule has 0 saturated carbocycles. The fourth-order valence-corrected chi connectivity index (χ4v) is 6.20. The van der Waals surface area contributed by atoms with Crippen LogP contribution in [0.3, 0.4) is 0 Å². The lowest BCUT2D eigenvalue weighted by molar-refractivity contribution is 0.156. The smallest absolute Gasteiger partial charge is 0.411 e. The number of hydrogen-bond donors (Lipinski definition) is 2. The number of nitrogens with one attached hydrogen (secondary N) is 2. The van der Waals surface area contributed by atoms with E-state index in [0.717, 1.165) is 51.9 Å². The van der Waals surface area contributed by atoms with Crippen LogP contribution in [0.5, 0.6) is 0 Å². The molecule has 0 aliphatic rings. The molecule has 1 aromatic rings. The highest BCUT2D eigenvalue weighted by molar-refractivity contribution is 5.87. The molecule has 1 rings (SSSR count). The molecular weight excluding hydrogens is 624 g/mol. The molecule has 8 heteroatoms. The lowest BCUT2D eigenvalue weighted by Crippen LogP contribution is -2.21. The quantitative estimate of drug-likeness (QED) is 0.0696. The van der Waals surface area contributed by atoms with Gasteiger partial charge in [-0.25, -0.2) is 9.59 Å². The van der Waals surface area contributed by atoms with Crippen LogP contribution in [-0.4, -0.2) is 75.5 Å². The molecule has 8 nitrogen and oxygen atoms in total. The molecular formula is C42H78N4O4. The molecule has 0 bridgehead atoms. The van der Waals surface area contributed by atoms with Crippen molar-refractivity contribution in [3.8, 4) is 0 Å². The van der Waals surface area contributed by atoms with Gasteiger partial charge in [0.1, 0.15) is 0 Å². The molecule has 1 aromatic carbocycles. The van der Waals surface area contributed by atoms with Crippen molar-refractivity contribution in [3.63, 3.8) is 0 Å². The highest BCUT2D eigenvalue weighted by atomic mass is 16.6. The zero-order valence-electron chi connectivity index (χ0n) is 33.1. The van der Waals surface area contributed by atoms with Crippen molar-refractivity contribution < 1.29 is 19.1 Å². The highest BCUT2D eigenvalue weighted by Gasteiger charge is 2.07. The molecule has 0 radical (unpaired) electrons. The first-order valence-electron chi connectivity index (χ1n) is 20.8. The Bertz CT molecular complexity index is 841. The first kappa shape index (κ1) is 45.7. The molecule has 2 N–H and O–H groups in total. The Hall–Kier alpha value is -2.32. The van der Waals surface area contributed by atoms with E-state index < -0.39 is 12.2 Å². The summed E-state index contributed by atoms with van der Waals surface area (Å²) < 4.78 is 10.7. The number of carbonyl (C=O) groups excluding carboxylic acids is 2. The predicted octanol–water partition coefficient (Wildman–Crippen LogP) is 12.0. The maximum absolute atomic E-state index is 12.2. The van der Waals surface area contributed by atoms with Gasteiger partial charge < -0.3 is 19.3 Å². The average molecular weight is 703 g/mol. The van der Waals surface area contributed by atoms with E-state index in [1.807, 2.05) is 0 Å². The molecule has 0 saturated heterocycles. The Morgan fingerprint density at radius 2 is 0.700 bits per heavy atom. The number of hydrogen-bond acceptors (Lipinski definition) is 6. The Morgan fingerprint density at radius 3 is 1.00 bits per heavy atom. The summed E-state index contributed by atoms with van der Waals surface area (Å²) >= 11 is 0. The minimum atomic E-state index is -0.460. The number of nitrogens with zero attached hydrogens (tertiary/aromatic N) is 2. The third kappa shape index (κ3) is 29.4. The molecule has 50 heavy (non-hydrogen) atoms. The van der Waals surface area contributed by atoms with Crippen molar-refractivity contribution in [1.82, 2.24) is 9.80 Å². The Morgan fingerprint density at radius 1 is 0.440 bits per heavy atom. The summed E-state index contributed by atoms with van der Waals surface area (Å²) in [6.07, 6.45) is 30.1. The van der Waals surface area contributed by atoms with Crippen molar-refractivity contribution in [2.45, 2.75) is 168 Å². The Labute approximate surface area is 308 Å². The summed E-state index contributed by atoms with van der Waals surface area (Å²) in [5, 5.41) is 5.51. The van der Waals surface area contributed by atoms with Gasteiger partial charge in [0.15, 0.2) is 0 Å². The summed E-state index contributed by atoms with van der Waals surface area (Å²) in [6.45, 7) is 9.67. The van der Waals surface area contributed by atoms with Crippen molar-refractivity contribution in [3.05, 3.63) is 24.3 Å². The summed E-state index contributed by atoms with van der Waals surface area (Å²) in [5.41, 5.74) is 1.24. The van der Waals surface area contributed by atoms with Gasteiger partial charge in [0.2, 0.25) is 0 Å². The third-order valence-electron chi connectivity index (χ3n) is 9.50. The zero-order valence-corrected chi connectivity index (χ0v) is 33.1. The van der Waals surface area contributed by atoms with Gasteiger partial charge in [0.05, 0.1) is 13.2 Å². The van der Waals surface area contributed by atoms with Crippen LogP contribution in [0.25, 0.3) is 0 Å². The first-order chi connectivity index (χ1) is 24.4. The van der Waals surface area contributed by atoms with Crippen LogP contribution in [0.4, 0.5) is 21.0 Å². The van der Waals surface area contributed by atoms with E-state index in [1.54, 1.807) is 24.3 Å². The van der Waals surface area contributed by atoms with Crippen LogP contribution in [-0.2, 0) is 9.47 Å². The van der Waals surface area contributed by atoms with E-state index in [9.17, 15) is 9.59 Å². The molecule has 2 amide bonds. The fourth-order valence-electron chi connectivity index (χ4n) is 6.20. The summed E-state index contributed by atoms with van der Waals surface area (Å²) in [7, 11) is 4.36. The van der Waals surface area contributed by atoms with Crippen LogP contribution in [0.15, 0.2) is 24.3 Å². The van der Waals surface area contributed by atoms with Crippen molar-refractivity contribution in [2.75, 3.05) is 64.1 Å². The van der Waals surface area contributed by atoms with Crippen molar-refractivity contribution >= 4 is 23.6 Å². The molecule has 290 valence electrons. The topological polar surface area (TPSA) is 83.1 Å². The van der Waals surface area contributed by atoms with E-state index in [-0.39, 0.29) is 0 Å². The van der Waals surface area contributed by atoms with Gasteiger partial charge >= 0.3 is 12.2 Å². The molecule has 0 heterocycles. The summed E-state index contributed by atoms with van der Waals surface area (Å²) in [5.74, 6) is 0. The normalized spacial score (nSPS) is 11.3. The van der Waals surface area contributed by atoms with Gasteiger partial charge in [-0.3, -0.25) is 10.6 Å². The molecule has 0 spiro atoms. The molecule has 0 atom stereocenters. The number of anilines is 2. The molecule has 0 aromatic heterocycles. The van der Waals surface area contributed by atoms with Crippen molar-refractivity contribution in [1.29, 1.82) is 0 Å². The number of carbonyl (C=O) groups is 2. The standard InChI is InChI=1S/C42H78N4O4/c1-5-7-9-11-13-15-17-19-21-23-33-45(3)35-25-27-37-49-41(47)43-39-29-31-40(32-30-39)44-42(48)50-38-28-26-36-46(4)34-24-22-20-18-16-14-12-10-8-6-2/h29-32H,5-28,33-38H2,1-4H3,(H,43,47)(H,44,48). The van der Waals surface area contributed by atoms with Crippen molar-refractivity contribution in [2.24, 2.45) is 0 Å². The highest BCUT2D eigenvalue weighted by Crippen LogP contribution is 2.15. The van der Waals surface area contributed by atoms with Gasteiger partial charge in [0, 0.05) is 11.4 Å². The van der Waals surface area contributed by atoms with Gasteiger partial charge in [-0.05, 0) is 103 Å². The average Bonchev–Trinajstić information content (AvgIpc) is 3.10. The summed E-state index contributed by atoms with van der Waals surface area (Å²) in [4.78, 5) is 29.2. The van der Waals surface area contributed by atoms with E-state index in [0.29, 0.717) is 24.6 Å². The second-order valence-electron chi connectivity index (χ2n) is 14.5. The van der Waals surface area contributed by atoms with Crippen LogP contribution in [0, 0.1) is 0 Å². The Balaban J connectivity index is 1.99. The third-order valence-corrected chi connectivity index (χ3v) is 9.50. The van der Waals surface area contributed by atoms with Gasteiger partial charge in [0.25, 0.3) is 0 Å². The first-order valence-corrected chi connectivity index (χ1v) is 20.8. The van der Waals surface area contributed by atoms with E-state index >= 15 is 0 Å². The van der Waals surface area contributed by atoms with Gasteiger partial charge in [-0.2, -0.15) is 0 Å². The molecule has 0 unspecified atom stereocenters. The second kappa shape index (κ2) is 33.8. The van der Waals surface area contributed by atoms with Crippen LogP contribution < -0.4 is 10.6 Å². The van der Waals surface area contributed by atoms with Gasteiger partial charge in [-0.15, -0.1) is 0 Å². The minimum Gasteiger partial charge on any atom is -0.449 e. The lowest BCUT2D eigenvalue weighted by Gasteiger charge is -2.16. The number of benzene rings is 1. The Kier molecular flexibility index (Phi) is 30.9. The summed E-state index contributed by atoms with van der Waals surface area (Å²) in [6, 6.07) is 6.96. The maximum Gasteiger partial charge on any atom is 0.411 e. The monoisotopic (exact) mass is 703 g/mol. The largest absolute Gasteiger partial charge is 0.449 e. The number of amides is 2.